The van der Waals surface area contributed by atoms with E-state index in [1.54, 1.807) is 0 Å². The Morgan fingerprint density at radius 3 is 1.95 bits per heavy atom. The zero-order chi connectivity index (χ0) is 14.5. The number of benzene rings is 1. The van der Waals surface area contributed by atoms with Gasteiger partial charge in [0.25, 0.3) is 0 Å². The molecule has 0 nitrogen and oxygen atoms in total. The summed E-state index contributed by atoms with van der Waals surface area (Å²) in [5, 5.41) is 0. The van der Waals surface area contributed by atoms with Crippen LogP contribution in [0.4, 0.5) is 0 Å². The fourth-order valence-corrected chi connectivity index (χ4v) is 1.15. The van der Waals surface area contributed by atoms with Crippen molar-refractivity contribution in [3.63, 3.8) is 0 Å². The molecule has 0 spiro atoms. The molecule has 0 saturated heterocycles. The molecule has 1 rings (SSSR count). The van der Waals surface area contributed by atoms with Gasteiger partial charge in [0.1, 0.15) is 0 Å². The summed E-state index contributed by atoms with van der Waals surface area (Å²) in [5.74, 6) is 13.4. The Balaban J connectivity index is 0.000000362. The monoisotopic (exact) mass is 254 g/mol. The van der Waals surface area contributed by atoms with E-state index < -0.39 is 0 Å². The second-order valence-electron chi connectivity index (χ2n) is 5.02. The van der Waals surface area contributed by atoms with Crippen molar-refractivity contribution in [1.82, 2.24) is 0 Å². The molecule has 0 heterocycles. The van der Waals surface area contributed by atoms with Gasteiger partial charge in [0.15, 0.2) is 0 Å². The maximum absolute atomic E-state index is 3.11. The third kappa shape index (κ3) is 12.6. The van der Waals surface area contributed by atoms with E-state index in [9.17, 15) is 0 Å². The maximum Gasteiger partial charge on any atom is 0.0245 e. The highest BCUT2D eigenvalue weighted by Gasteiger charge is 1.83. The van der Waals surface area contributed by atoms with E-state index >= 15 is 0 Å². The van der Waals surface area contributed by atoms with Crippen LogP contribution in [0.15, 0.2) is 30.3 Å². The van der Waals surface area contributed by atoms with Crippen LogP contribution < -0.4 is 0 Å². The average Bonchev–Trinajstić information content (AvgIpc) is 2.38. The summed E-state index contributed by atoms with van der Waals surface area (Å²) in [4.78, 5) is 0. The minimum absolute atomic E-state index is 0.454. The molecule has 0 heteroatoms. The summed E-state index contributed by atoms with van der Waals surface area (Å²) in [6, 6.07) is 10.1. The van der Waals surface area contributed by atoms with Crippen molar-refractivity contribution >= 4 is 0 Å². The van der Waals surface area contributed by atoms with E-state index in [-0.39, 0.29) is 0 Å². The van der Waals surface area contributed by atoms with E-state index in [0.717, 1.165) is 12.0 Å². The third-order valence-corrected chi connectivity index (χ3v) is 2.04. The first-order chi connectivity index (χ1) is 9.06. The average molecular weight is 254 g/mol. The number of unbranched alkanes of at least 4 members (excludes halogenated alkanes) is 1. The van der Waals surface area contributed by atoms with Crippen LogP contribution in [0, 0.1) is 35.5 Å². The SMILES string of the molecule is CC(C)C#Cc1ccccc1.CCCC#CC(C)C. The summed E-state index contributed by atoms with van der Waals surface area (Å²) in [6.07, 6.45) is 2.23. The van der Waals surface area contributed by atoms with Crippen LogP contribution in [0.2, 0.25) is 0 Å². The molecule has 1 aromatic carbocycles. The molecule has 0 aliphatic carbocycles. The molecule has 0 atom stereocenters. The van der Waals surface area contributed by atoms with Crippen LogP contribution in [0.1, 0.15) is 53.0 Å². The minimum Gasteiger partial charge on any atom is -0.103 e. The van der Waals surface area contributed by atoms with E-state index in [1.165, 1.54) is 6.42 Å². The van der Waals surface area contributed by atoms with Crippen molar-refractivity contribution in [2.75, 3.05) is 0 Å². The molecule has 1 aromatic rings. The lowest BCUT2D eigenvalue weighted by atomic mass is 10.2. The zero-order valence-corrected chi connectivity index (χ0v) is 13.0. The topological polar surface area (TPSA) is 0 Å². The Labute approximate surface area is 119 Å². The molecule has 0 unspecified atom stereocenters. The Morgan fingerprint density at radius 2 is 1.47 bits per heavy atom. The van der Waals surface area contributed by atoms with E-state index in [4.69, 9.17) is 0 Å². The lowest BCUT2D eigenvalue weighted by Gasteiger charge is -1.88. The fourth-order valence-electron chi connectivity index (χ4n) is 1.15. The number of hydrogen-bond acceptors (Lipinski definition) is 0. The van der Waals surface area contributed by atoms with Crippen molar-refractivity contribution < 1.29 is 0 Å². The van der Waals surface area contributed by atoms with E-state index in [1.807, 2.05) is 30.3 Å². The van der Waals surface area contributed by atoms with Crippen LogP contribution >= 0.6 is 0 Å². The van der Waals surface area contributed by atoms with Crippen LogP contribution in [0.5, 0.6) is 0 Å². The van der Waals surface area contributed by atoms with Gasteiger partial charge in [-0.05, 0) is 18.6 Å². The summed E-state index contributed by atoms with van der Waals surface area (Å²) >= 11 is 0. The highest BCUT2D eigenvalue weighted by atomic mass is 13.9. The van der Waals surface area contributed by atoms with Crippen LogP contribution in [0.25, 0.3) is 0 Å². The van der Waals surface area contributed by atoms with Gasteiger partial charge in [-0.3, -0.25) is 0 Å². The number of hydrogen-bond donors (Lipinski definition) is 0. The summed E-state index contributed by atoms with van der Waals surface area (Å²) in [7, 11) is 0. The lowest BCUT2D eigenvalue weighted by Crippen LogP contribution is -1.78. The Kier molecular flexibility index (Phi) is 10.4. The smallest absolute Gasteiger partial charge is 0.0245 e. The van der Waals surface area contributed by atoms with E-state index in [2.05, 4.69) is 58.3 Å². The molecule has 0 aromatic heterocycles. The molecular weight excluding hydrogens is 228 g/mol. The highest BCUT2D eigenvalue weighted by Crippen LogP contribution is 1.96. The molecule has 102 valence electrons. The molecule has 0 amide bonds. The Bertz CT molecular complexity index is 430. The van der Waals surface area contributed by atoms with Crippen LogP contribution in [-0.2, 0) is 0 Å². The highest BCUT2D eigenvalue weighted by molar-refractivity contribution is 5.33. The van der Waals surface area contributed by atoms with Crippen molar-refractivity contribution in [3.05, 3.63) is 35.9 Å². The van der Waals surface area contributed by atoms with Gasteiger partial charge in [-0.15, -0.1) is 11.8 Å². The quantitative estimate of drug-likeness (QED) is 0.609. The van der Waals surface area contributed by atoms with Gasteiger partial charge >= 0.3 is 0 Å². The largest absolute Gasteiger partial charge is 0.103 e. The second kappa shape index (κ2) is 11.4. The van der Waals surface area contributed by atoms with Crippen LogP contribution in [-0.4, -0.2) is 0 Å². The summed E-state index contributed by atoms with van der Waals surface area (Å²) < 4.78 is 0. The molecule has 0 saturated carbocycles. The molecule has 0 N–H and O–H groups in total. The first-order valence-electron chi connectivity index (χ1n) is 7.11. The zero-order valence-electron chi connectivity index (χ0n) is 13.0. The number of rotatable bonds is 1. The Morgan fingerprint density at radius 1 is 0.895 bits per heavy atom. The molecule has 0 radical (unpaired) electrons. The maximum atomic E-state index is 3.11. The van der Waals surface area contributed by atoms with Gasteiger partial charge in [-0.2, -0.15) is 0 Å². The molecule has 0 fully saturated rings. The first kappa shape index (κ1) is 17.3. The van der Waals surface area contributed by atoms with Gasteiger partial charge < -0.3 is 0 Å². The molecular formula is C19H26. The predicted molar refractivity (Wildman–Crippen MR) is 85.7 cm³/mol. The van der Waals surface area contributed by atoms with E-state index in [0.29, 0.717) is 11.8 Å². The minimum atomic E-state index is 0.454. The van der Waals surface area contributed by atoms with Gasteiger partial charge in [0, 0.05) is 23.8 Å². The lowest BCUT2D eigenvalue weighted by molar-refractivity contribution is 0.861. The fraction of sp³-hybridized carbons (Fsp3) is 0.474. The van der Waals surface area contributed by atoms with Gasteiger partial charge in [0.2, 0.25) is 0 Å². The summed E-state index contributed by atoms with van der Waals surface area (Å²) in [6.45, 7) is 10.6. The standard InChI is InChI=1S/C11H12.C8H14/c1-10(2)8-9-11-6-4-3-5-7-11;1-4-5-6-7-8(2)3/h3-7,10H,1-2H3;8H,4-5H2,1-3H3. The van der Waals surface area contributed by atoms with Crippen molar-refractivity contribution in [2.45, 2.75) is 47.5 Å². The predicted octanol–water partition coefficient (Wildman–Crippen LogP) is 5.14. The second-order valence-corrected chi connectivity index (χ2v) is 5.02. The molecule has 0 bridgehead atoms. The summed E-state index contributed by atoms with van der Waals surface area (Å²) in [5.41, 5.74) is 1.10. The molecule has 19 heavy (non-hydrogen) atoms. The Hall–Kier alpha value is -1.66. The molecule has 0 aliphatic rings. The normalized spacial score (nSPS) is 8.79. The third-order valence-electron chi connectivity index (χ3n) is 2.04. The van der Waals surface area contributed by atoms with Crippen LogP contribution in [0.3, 0.4) is 0 Å². The van der Waals surface area contributed by atoms with Crippen molar-refractivity contribution in [3.8, 4) is 23.7 Å². The van der Waals surface area contributed by atoms with Gasteiger partial charge in [-0.1, -0.05) is 64.7 Å². The van der Waals surface area contributed by atoms with Crippen molar-refractivity contribution in [1.29, 1.82) is 0 Å². The van der Waals surface area contributed by atoms with Crippen molar-refractivity contribution in [2.24, 2.45) is 11.8 Å². The molecule has 0 aliphatic heterocycles. The van der Waals surface area contributed by atoms with Gasteiger partial charge in [0.05, 0.1) is 0 Å². The van der Waals surface area contributed by atoms with Gasteiger partial charge in [-0.25, -0.2) is 0 Å². The first-order valence-corrected chi connectivity index (χ1v) is 7.11.